The van der Waals surface area contributed by atoms with Crippen LogP contribution in [0.1, 0.15) is 53.9 Å². The second-order valence-corrected chi connectivity index (χ2v) is 13.9. The Morgan fingerprint density at radius 1 is 0.833 bits per heavy atom. The van der Waals surface area contributed by atoms with E-state index < -0.39 is 36.1 Å². The molecule has 0 aromatic heterocycles. The maximum atomic E-state index is 13.7. The van der Waals surface area contributed by atoms with E-state index in [1.165, 1.54) is 0 Å². The molecule has 10 nitrogen and oxygen atoms in total. The van der Waals surface area contributed by atoms with Gasteiger partial charge in [-0.1, -0.05) is 121 Å². The first-order valence-corrected chi connectivity index (χ1v) is 18.6. The van der Waals surface area contributed by atoms with Crippen LogP contribution < -0.4 is 16.0 Å². The maximum absolute atomic E-state index is 13.7. The van der Waals surface area contributed by atoms with Gasteiger partial charge < -0.3 is 30.5 Å². The predicted molar refractivity (Wildman–Crippen MR) is 205 cm³/mol. The van der Waals surface area contributed by atoms with Crippen molar-refractivity contribution in [2.24, 2.45) is 5.92 Å². The summed E-state index contributed by atoms with van der Waals surface area (Å²) in [5, 5.41) is 18.6. The summed E-state index contributed by atoms with van der Waals surface area (Å²) in [7, 11) is 0. The SMILES string of the molecule is O=C(C[C@H]1CC=CCC[C@H](NC(=O)OCC2c3ccccc3-c3ccccc32)C(=O)OC[C@@H](Cc2ccccc2)NC1=O)N[C@H](CO)Cc1ccccc1. The number of cyclic esters (lactones) is 1. The third-order valence-electron chi connectivity index (χ3n) is 9.94. The van der Waals surface area contributed by atoms with Crippen LogP contribution in [0.5, 0.6) is 0 Å². The lowest BCUT2D eigenvalue weighted by atomic mass is 9.97. The minimum Gasteiger partial charge on any atom is -0.462 e. The first-order chi connectivity index (χ1) is 26.4. The highest BCUT2D eigenvalue weighted by atomic mass is 16.6. The number of alkyl carbamates (subject to hydrolysis) is 1. The van der Waals surface area contributed by atoms with Crippen LogP contribution in [0.4, 0.5) is 4.79 Å². The average molecular weight is 730 g/mol. The molecule has 0 radical (unpaired) electrons. The molecule has 3 amide bonds. The number of benzene rings is 4. The zero-order valence-electron chi connectivity index (χ0n) is 30.2. The van der Waals surface area contributed by atoms with Crippen LogP contribution in [-0.2, 0) is 36.7 Å². The summed E-state index contributed by atoms with van der Waals surface area (Å²) in [5.74, 6) is -2.16. The highest BCUT2D eigenvalue weighted by Crippen LogP contribution is 2.44. The van der Waals surface area contributed by atoms with E-state index in [4.69, 9.17) is 9.47 Å². The van der Waals surface area contributed by atoms with Crippen molar-refractivity contribution in [1.29, 1.82) is 0 Å². The van der Waals surface area contributed by atoms with Crippen molar-refractivity contribution in [3.05, 3.63) is 144 Å². The topological polar surface area (TPSA) is 143 Å². The Hall–Kier alpha value is -5.74. The van der Waals surface area contributed by atoms with Gasteiger partial charge in [-0.05, 0) is 65.5 Å². The van der Waals surface area contributed by atoms with Gasteiger partial charge in [0.05, 0.1) is 24.6 Å². The minimum absolute atomic E-state index is 0.0920. The zero-order chi connectivity index (χ0) is 37.7. The molecule has 4 N–H and O–H groups in total. The van der Waals surface area contributed by atoms with Gasteiger partial charge in [-0.2, -0.15) is 0 Å². The molecule has 0 spiro atoms. The van der Waals surface area contributed by atoms with Crippen LogP contribution in [-0.4, -0.2) is 66.9 Å². The normalized spacial score (nSPS) is 19.4. The van der Waals surface area contributed by atoms with Crippen molar-refractivity contribution < 1.29 is 33.8 Å². The Labute approximate surface area is 316 Å². The number of esters is 1. The summed E-state index contributed by atoms with van der Waals surface area (Å²) < 4.78 is 11.5. The summed E-state index contributed by atoms with van der Waals surface area (Å²) in [6, 6.07) is 33.1. The first kappa shape index (κ1) is 38.0. The van der Waals surface area contributed by atoms with E-state index in [1.807, 2.05) is 109 Å². The second kappa shape index (κ2) is 18.8. The smallest absolute Gasteiger partial charge is 0.407 e. The fourth-order valence-electron chi connectivity index (χ4n) is 7.18. The largest absolute Gasteiger partial charge is 0.462 e. The first-order valence-electron chi connectivity index (χ1n) is 18.6. The average Bonchev–Trinajstić information content (AvgIpc) is 3.51. The molecule has 0 unspecified atom stereocenters. The quantitative estimate of drug-likeness (QED) is 0.116. The molecule has 0 saturated heterocycles. The summed E-state index contributed by atoms with van der Waals surface area (Å²) in [5.41, 5.74) is 6.30. The number of hydrogen-bond acceptors (Lipinski definition) is 7. The molecule has 0 bridgehead atoms. The van der Waals surface area contributed by atoms with Crippen LogP contribution in [0, 0.1) is 5.92 Å². The van der Waals surface area contributed by atoms with Gasteiger partial charge in [0, 0.05) is 12.3 Å². The molecule has 4 atom stereocenters. The number of aliphatic hydroxyl groups excluding tert-OH is 1. The minimum atomic E-state index is -0.985. The molecule has 1 aliphatic carbocycles. The Morgan fingerprint density at radius 3 is 2.13 bits per heavy atom. The zero-order valence-corrected chi connectivity index (χ0v) is 30.2. The van der Waals surface area contributed by atoms with E-state index in [0.717, 1.165) is 33.4 Å². The number of carbonyl (C=O) groups excluding carboxylic acids is 4. The molecule has 54 heavy (non-hydrogen) atoms. The highest BCUT2D eigenvalue weighted by Gasteiger charge is 2.31. The Kier molecular flexibility index (Phi) is 13.3. The van der Waals surface area contributed by atoms with Crippen molar-refractivity contribution in [2.75, 3.05) is 19.8 Å². The third kappa shape index (κ3) is 10.2. The monoisotopic (exact) mass is 729 g/mol. The van der Waals surface area contributed by atoms with Crippen LogP contribution in [0.25, 0.3) is 11.1 Å². The van der Waals surface area contributed by atoms with Crippen LogP contribution >= 0.6 is 0 Å². The van der Waals surface area contributed by atoms with E-state index >= 15 is 0 Å². The molecule has 4 aromatic rings. The van der Waals surface area contributed by atoms with Gasteiger partial charge in [-0.15, -0.1) is 0 Å². The Morgan fingerprint density at radius 2 is 1.46 bits per heavy atom. The number of allylic oxidation sites excluding steroid dienone is 2. The molecule has 0 fully saturated rings. The molecular formula is C44H47N3O7. The van der Waals surface area contributed by atoms with Crippen molar-refractivity contribution in [3.63, 3.8) is 0 Å². The number of carbonyl (C=O) groups is 4. The Bertz CT molecular complexity index is 1870. The fourth-order valence-corrected chi connectivity index (χ4v) is 7.18. The van der Waals surface area contributed by atoms with Crippen molar-refractivity contribution in [3.8, 4) is 11.1 Å². The lowest BCUT2D eigenvalue weighted by Gasteiger charge is -2.24. The van der Waals surface area contributed by atoms with Gasteiger partial charge in [0.2, 0.25) is 11.8 Å². The lowest BCUT2D eigenvalue weighted by Crippen LogP contribution is -2.47. The summed E-state index contributed by atoms with van der Waals surface area (Å²) in [6.45, 7) is -0.279. The summed E-state index contributed by atoms with van der Waals surface area (Å²) in [6.07, 6.45) is 4.60. The van der Waals surface area contributed by atoms with Gasteiger partial charge in [0.25, 0.3) is 0 Å². The molecular weight excluding hydrogens is 682 g/mol. The van der Waals surface area contributed by atoms with Gasteiger partial charge >= 0.3 is 12.1 Å². The Balaban J connectivity index is 1.11. The second-order valence-electron chi connectivity index (χ2n) is 13.9. The number of nitrogens with one attached hydrogen (secondary N) is 3. The van der Waals surface area contributed by atoms with Crippen LogP contribution in [0.15, 0.2) is 121 Å². The number of amides is 3. The molecule has 280 valence electrons. The molecule has 6 rings (SSSR count). The number of aliphatic hydroxyl groups is 1. The van der Waals surface area contributed by atoms with Gasteiger partial charge in [-0.25, -0.2) is 9.59 Å². The molecule has 1 heterocycles. The molecule has 2 aliphatic rings. The molecule has 1 aliphatic heterocycles. The fraction of sp³-hybridized carbons (Fsp3) is 0.318. The van der Waals surface area contributed by atoms with Crippen molar-refractivity contribution in [1.82, 2.24) is 16.0 Å². The number of fused-ring (bicyclic) bond motifs is 3. The number of hydrogen-bond donors (Lipinski definition) is 4. The predicted octanol–water partition coefficient (Wildman–Crippen LogP) is 5.63. The summed E-state index contributed by atoms with van der Waals surface area (Å²) in [4.78, 5) is 53.6. The van der Waals surface area contributed by atoms with Crippen molar-refractivity contribution >= 4 is 23.9 Å². The number of ether oxygens (including phenoxy) is 2. The van der Waals surface area contributed by atoms with Crippen LogP contribution in [0.3, 0.4) is 0 Å². The molecule has 0 saturated carbocycles. The van der Waals surface area contributed by atoms with E-state index in [1.54, 1.807) is 0 Å². The summed E-state index contributed by atoms with van der Waals surface area (Å²) >= 11 is 0. The highest BCUT2D eigenvalue weighted by molar-refractivity contribution is 5.86. The number of rotatable bonds is 11. The van der Waals surface area contributed by atoms with Crippen LogP contribution in [0.2, 0.25) is 0 Å². The van der Waals surface area contributed by atoms with Gasteiger partial charge in [0.1, 0.15) is 19.3 Å². The van der Waals surface area contributed by atoms with Gasteiger partial charge in [0.15, 0.2) is 0 Å². The lowest BCUT2D eigenvalue weighted by molar-refractivity contribution is -0.147. The van der Waals surface area contributed by atoms with E-state index in [0.29, 0.717) is 19.3 Å². The van der Waals surface area contributed by atoms with Gasteiger partial charge in [-0.3, -0.25) is 9.59 Å². The third-order valence-corrected chi connectivity index (χ3v) is 9.94. The van der Waals surface area contributed by atoms with Crippen molar-refractivity contribution in [2.45, 2.75) is 62.6 Å². The van der Waals surface area contributed by atoms with E-state index in [2.05, 4.69) is 28.1 Å². The maximum Gasteiger partial charge on any atom is 0.407 e. The standard InChI is InChI=1S/C44H47N3O7/c48-27-33(24-30-14-4-1-5-15-30)45-41(49)26-32-18-8-3-9-23-40(43(51)53-28-34(46-42(32)50)25-31-16-6-2-7-17-31)47-44(52)54-29-39-37-21-12-10-19-35(37)36-20-11-13-22-38(36)39/h1-8,10-17,19-22,32-34,39-40,48H,9,18,23-29H2,(H,45,49)(H,46,50)(H,47,52)/t32-,33+,34-,40+/m1/s1. The molecule has 4 aromatic carbocycles. The molecule has 10 heteroatoms. The van der Waals surface area contributed by atoms with E-state index in [-0.39, 0.29) is 56.8 Å². The van der Waals surface area contributed by atoms with E-state index in [9.17, 15) is 24.3 Å².